The Hall–Kier alpha value is -3.84. The maximum atomic E-state index is 13.3. The monoisotopic (exact) mass is 414 g/mol. The molecule has 0 saturated carbocycles. The van der Waals surface area contributed by atoms with Crippen molar-refractivity contribution < 1.29 is 0 Å². The molecule has 0 fully saturated rings. The Kier molecular flexibility index (Phi) is 4.37. The third-order valence-electron chi connectivity index (χ3n) is 4.72. The van der Waals surface area contributed by atoms with Crippen LogP contribution in [-0.4, -0.2) is 29.7 Å². The molecule has 3 heterocycles. The lowest BCUT2D eigenvalue weighted by Crippen LogP contribution is -2.22. The molecule has 0 amide bonds. The number of nitrogens with one attached hydrogen (secondary N) is 1. The standard InChI is InChI=1S/C22H15ClN6O/c1-13-25-20(28-27-13)14-6-8-15(9-7-14)21-26-18-5-3-2-4-17(18)22(30)29(21)19-11-10-16(23)12-24-19/h2-12H,1H3,(H,25,27,28). The van der Waals surface area contributed by atoms with Crippen molar-refractivity contribution in [3.8, 4) is 28.6 Å². The first-order chi connectivity index (χ1) is 14.6. The van der Waals surface area contributed by atoms with Gasteiger partial charge in [0.05, 0.1) is 15.9 Å². The molecule has 0 saturated heterocycles. The summed E-state index contributed by atoms with van der Waals surface area (Å²) in [4.78, 5) is 26.8. The van der Waals surface area contributed by atoms with Crippen LogP contribution in [0, 0.1) is 6.92 Å². The van der Waals surface area contributed by atoms with Crippen molar-refractivity contribution in [1.82, 2.24) is 29.7 Å². The highest BCUT2D eigenvalue weighted by atomic mass is 35.5. The van der Waals surface area contributed by atoms with Gasteiger partial charge in [0.1, 0.15) is 17.5 Å². The van der Waals surface area contributed by atoms with Crippen molar-refractivity contribution in [1.29, 1.82) is 0 Å². The normalized spacial score (nSPS) is 11.1. The van der Waals surface area contributed by atoms with Crippen LogP contribution in [0.3, 0.4) is 0 Å². The van der Waals surface area contributed by atoms with E-state index in [0.717, 1.165) is 17.0 Å². The fourth-order valence-corrected chi connectivity index (χ4v) is 3.39. The molecule has 3 aromatic heterocycles. The van der Waals surface area contributed by atoms with E-state index < -0.39 is 0 Å². The van der Waals surface area contributed by atoms with Gasteiger partial charge in [-0.1, -0.05) is 48.0 Å². The molecule has 0 radical (unpaired) electrons. The second kappa shape index (κ2) is 7.20. The van der Waals surface area contributed by atoms with Gasteiger partial charge in [-0.2, -0.15) is 5.10 Å². The van der Waals surface area contributed by atoms with Gasteiger partial charge >= 0.3 is 0 Å². The van der Waals surface area contributed by atoms with Crippen LogP contribution in [0.4, 0.5) is 0 Å². The van der Waals surface area contributed by atoms with Crippen molar-refractivity contribution in [3.05, 3.63) is 88.1 Å². The van der Waals surface area contributed by atoms with Crippen molar-refractivity contribution in [2.75, 3.05) is 0 Å². The van der Waals surface area contributed by atoms with Crippen LogP contribution in [-0.2, 0) is 0 Å². The largest absolute Gasteiger partial charge is 0.268 e. The Morgan fingerprint density at radius 1 is 0.933 bits per heavy atom. The molecule has 146 valence electrons. The maximum Gasteiger partial charge on any atom is 0.267 e. The van der Waals surface area contributed by atoms with Crippen molar-refractivity contribution in [2.24, 2.45) is 0 Å². The predicted octanol–water partition coefficient (Wildman–Crippen LogP) is 4.19. The molecule has 0 atom stereocenters. The summed E-state index contributed by atoms with van der Waals surface area (Å²) in [6.45, 7) is 1.85. The van der Waals surface area contributed by atoms with Crippen LogP contribution >= 0.6 is 11.6 Å². The highest BCUT2D eigenvalue weighted by Crippen LogP contribution is 2.24. The molecule has 0 spiro atoms. The molecule has 0 unspecified atom stereocenters. The smallest absolute Gasteiger partial charge is 0.267 e. The van der Waals surface area contributed by atoms with Gasteiger partial charge in [-0.3, -0.25) is 9.89 Å². The molecule has 0 aliphatic rings. The Balaban J connectivity index is 1.72. The van der Waals surface area contributed by atoms with Gasteiger partial charge in [0.2, 0.25) is 0 Å². The highest BCUT2D eigenvalue weighted by Gasteiger charge is 2.15. The number of aryl methyl sites for hydroxylation is 1. The van der Waals surface area contributed by atoms with E-state index in [9.17, 15) is 4.79 Å². The Morgan fingerprint density at radius 3 is 2.40 bits per heavy atom. The number of aromatic amines is 1. The molecule has 1 N–H and O–H groups in total. The second-order valence-electron chi connectivity index (χ2n) is 6.75. The molecular formula is C22H15ClN6O. The van der Waals surface area contributed by atoms with Crippen LogP contribution in [0.1, 0.15) is 5.82 Å². The van der Waals surface area contributed by atoms with Gasteiger partial charge < -0.3 is 0 Å². The van der Waals surface area contributed by atoms with Gasteiger partial charge in [-0.05, 0) is 31.2 Å². The maximum absolute atomic E-state index is 13.3. The van der Waals surface area contributed by atoms with Crippen LogP contribution in [0.2, 0.25) is 5.02 Å². The first-order valence-electron chi connectivity index (χ1n) is 9.24. The number of aromatic nitrogens is 6. The van der Waals surface area contributed by atoms with E-state index in [2.05, 4.69) is 20.2 Å². The predicted molar refractivity (Wildman–Crippen MR) is 116 cm³/mol. The number of hydrogen-bond acceptors (Lipinski definition) is 5. The number of pyridine rings is 1. The number of benzene rings is 2. The Bertz CT molecular complexity index is 1420. The average molecular weight is 415 g/mol. The zero-order valence-electron chi connectivity index (χ0n) is 15.9. The molecule has 0 aliphatic carbocycles. The van der Waals surface area contributed by atoms with Gasteiger partial charge in [0, 0.05) is 17.3 Å². The van der Waals surface area contributed by atoms with E-state index in [-0.39, 0.29) is 5.56 Å². The SMILES string of the molecule is Cc1nc(-c2ccc(-c3nc4ccccc4c(=O)n3-c3ccc(Cl)cn3)cc2)n[nH]1. The first-order valence-corrected chi connectivity index (χ1v) is 9.61. The lowest BCUT2D eigenvalue weighted by molar-refractivity contribution is 0.932. The van der Waals surface area contributed by atoms with E-state index >= 15 is 0 Å². The summed E-state index contributed by atoms with van der Waals surface area (Å²) in [5.74, 6) is 2.30. The van der Waals surface area contributed by atoms with E-state index in [1.54, 1.807) is 18.2 Å². The van der Waals surface area contributed by atoms with Gasteiger partial charge in [0.15, 0.2) is 5.82 Å². The molecule has 5 rings (SSSR count). The summed E-state index contributed by atoms with van der Waals surface area (Å²) < 4.78 is 1.50. The first kappa shape index (κ1) is 18.2. The fourth-order valence-electron chi connectivity index (χ4n) is 3.28. The number of para-hydroxylation sites is 1. The zero-order valence-corrected chi connectivity index (χ0v) is 16.6. The number of hydrogen-bond donors (Lipinski definition) is 1. The van der Waals surface area contributed by atoms with Crippen LogP contribution in [0.5, 0.6) is 0 Å². The molecular weight excluding hydrogens is 400 g/mol. The topological polar surface area (TPSA) is 89.3 Å². The molecule has 7 nitrogen and oxygen atoms in total. The van der Waals surface area contributed by atoms with Crippen LogP contribution in [0.15, 0.2) is 71.7 Å². The number of halogens is 1. The van der Waals surface area contributed by atoms with Crippen molar-refractivity contribution in [2.45, 2.75) is 6.92 Å². The van der Waals surface area contributed by atoms with Crippen molar-refractivity contribution >= 4 is 22.5 Å². The van der Waals surface area contributed by atoms with Crippen molar-refractivity contribution in [3.63, 3.8) is 0 Å². The Labute approximate surface area is 176 Å². The summed E-state index contributed by atoms with van der Waals surface area (Å²) in [6.07, 6.45) is 1.51. The van der Waals surface area contributed by atoms with Gasteiger partial charge in [-0.25, -0.2) is 19.5 Å². The van der Waals surface area contributed by atoms with E-state index in [1.165, 1.54) is 10.8 Å². The quantitative estimate of drug-likeness (QED) is 0.478. The zero-order chi connectivity index (χ0) is 20.7. The summed E-state index contributed by atoms with van der Waals surface area (Å²) in [6, 6.07) is 18.3. The summed E-state index contributed by atoms with van der Waals surface area (Å²) in [5.41, 5.74) is 2.06. The fraction of sp³-hybridized carbons (Fsp3) is 0.0455. The van der Waals surface area contributed by atoms with Gasteiger partial charge in [0.25, 0.3) is 5.56 Å². The second-order valence-corrected chi connectivity index (χ2v) is 7.19. The van der Waals surface area contributed by atoms with E-state index in [0.29, 0.717) is 33.4 Å². The minimum Gasteiger partial charge on any atom is -0.268 e. The summed E-state index contributed by atoms with van der Waals surface area (Å²) >= 11 is 5.99. The minimum atomic E-state index is -0.195. The number of nitrogens with zero attached hydrogens (tertiary/aromatic N) is 5. The molecule has 0 bridgehead atoms. The number of H-pyrrole nitrogens is 1. The van der Waals surface area contributed by atoms with Gasteiger partial charge in [-0.15, -0.1) is 0 Å². The Morgan fingerprint density at radius 2 is 1.70 bits per heavy atom. The molecule has 0 aliphatic heterocycles. The van der Waals surface area contributed by atoms with E-state index in [4.69, 9.17) is 16.6 Å². The van der Waals surface area contributed by atoms with E-state index in [1.807, 2.05) is 49.4 Å². The molecule has 5 aromatic rings. The number of fused-ring (bicyclic) bond motifs is 1. The summed E-state index contributed by atoms with van der Waals surface area (Å²) in [5, 5.41) is 8.04. The molecule has 8 heteroatoms. The number of rotatable bonds is 3. The highest BCUT2D eigenvalue weighted by molar-refractivity contribution is 6.30. The van der Waals surface area contributed by atoms with Crippen LogP contribution < -0.4 is 5.56 Å². The lowest BCUT2D eigenvalue weighted by atomic mass is 10.1. The third-order valence-corrected chi connectivity index (χ3v) is 4.94. The third kappa shape index (κ3) is 3.15. The summed E-state index contributed by atoms with van der Waals surface area (Å²) in [7, 11) is 0. The average Bonchev–Trinajstić information content (AvgIpc) is 3.21. The molecule has 2 aromatic carbocycles. The molecule has 30 heavy (non-hydrogen) atoms. The van der Waals surface area contributed by atoms with Crippen LogP contribution in [0.25, 0.3) is 39.5 Å². The minimum absolute atomic E-state index is 0.195. The lowest BCUT2D eigenvalue weighted by Gasteiger charge is -2.13.